The molecule has 0 saturated heterocycles. The molecule has 0 spiro atoms. The maximum Gasteiger partial charge on any atom is 0.177 e. The van der Waals surface area contributed by atoms with Gasteiger partial charge in [0, 0.05) is 18.5 Å². The Morgan fingerprint density at radius 2 is 1.90 bits per heavy atom. The molecule has 21 heavy (non-hydrogen) atoms. The van der Waals surface area contributed by atoms with Crippen LogP contribution in [0.25, 0.3) is 0 Å². The van der Waals surface area contributed by atoms with E-state index in [1.807, 2.05) is 21.1 Å². The van der Waals surface area contributed by atoms with Crippen LogP contribution >= 0.6 is 0 Å². The minimum atomic E-state index is -1.20. The van der Waals surface area contributed by atoms with Crippen molar-refractivity contribution >= 4 is 11.9 Å². The van der Waals surface area contributed by atoms with Gasteiger partial charge in [0.15, 0.2) is 12.4 Å². The zero-order valence-corrected chi connectivity index (χ0v) is 12.8. The third kappa shape index (κ3) is 10.5. The van der Waals surface area contributed by atoms with Gasteiger partial charge >= 0.3 is 0 Å². The second kappa shape index (κ2) is 8.33. The van der Waals surface area contributed by atoms with Crippen molar-refractivity contribution in [2.75, 3.05) is 27.7 Å². The molecule has 118 valence electrons. The smallest absolute Gasteiger partial charge is 0.177 e. The van der Waals surface area contributed by atoms with E-state index in [0.717, 1.165) is 0 Å². The van der Waals surface area contributed by atoms with Gasteiger partial charge in [0.25, 0.3) is 0 Å². The predicted molar refractivity (Wildman–Crippen MR) is 70.5 cm³/mol. The molecule has 1 aromatic rings. The van der Waals surface area contributed by atoms with Gasteiger partial charge in [0.05, 0.1) is 32.7 Å². The monoisotopic (exact) mass is 298 g/mol. The molecule has 0 aliphatic heterocycles. The molecular weight excluding hydrogens is 276 g/mol. The third-order valence-electron chi connectivity index (χ3n) is 2.34. The fourth-order valence-electron chi connectivity index (χ4n) is 1.60. The maximum atomic E-state index is 10.2. The molecule has 1 unspecified atom stereocenters. The van der Waals surface area contributed by atoms with E-state index in [0.29, 0.717) is 11.0 Å². The Morgan fingerprint density at radius 1 is 1.33 bits per heavy atom. The molecule has 0 aromatic carbocycles. The van der Waals surface area contributed by atoms with Gasteiger partial charge in [-0.15, -0.1) is 0 Å². The van der Waals surface area contributed by atoms with E-state index in [-0.39, 0.29) is 12.0 Å². The highest BCUT2D eigenvalue weighted by molar-refractivity contribution is 5.84. The van der Waals surface area contributed by atoms with Crippen molar-refractivity contribution < 1.29 is 34.0 Å². The Morgan fingerprint density at radius 3 is 2.24 bits per heavy atom. The van der Waals surface area contributed by atoms with E-state index < -0.39 is 18.0 Å². The van der Waals surface area contributed by atoms with Crippen LogP contribution in [0.3, 0.4) is 0 Å². The number of carbonyl (C=O) groups excluding carboxylic acids is 2. The first-order chi connectivity index (χ1) is 9.51. The maximum absolute atomic E-state index is 10.2. The van der Waals surface area contributed by atoms with Crippen molar-refractivity contribution in [3.63, 3.8) is 0 Å². The van der Waals surface area contributed by atoms with E-state index >= 15 is 0 Å². The number of aliphatic hydroxyl groups excluding tert-OH is 1. The number of carboxylic acid groups (broad SMARTS) is 2. The molecule has 0 amide bonds. The van der Waals surface area contributed by atoms with Gasteiger partial charge in [0.2, 0.25) is 0 Å². The van der Waals surface area contributed by atoms with Crippen LogP contribution in [0.2, 0.25) is 0 Å². The number of aliphatic carboxylic acids is 1. The second-order valence-corrected chi connectivity index (χ2v) is 5.75. The first-order valence-corrected chi connectivity index (χ1v) is 6.36. The number of aromatic carboxylic acids is 1. The second-order valence-electron chi connectivity index (χ2n) is 5.75. The summed E-state index contributed by atoms with van der Waals surface area (Å²) < 4.78 is 2.21. The minimum absolute atomic E-state index is 0.199. The van der Waals surface area contributed by atoms with Crippen LogP contribution in [0, 0.1) is 0 Å². The lowest BCUT2D eigenvalue weighted by Gasteiger charge is -2.26. The van der Waals surface area contributed by atoms with Crippen molar-refractivity contribution in [2.24, 2.45) is 7.05 Å². The molecule has 0 fully saturated rings. The largest absolute Gasteiger partial charge is 0.550 e. The number of aryl methyl sites for hydroxylation is 1. The molecule has 1 rings (SSSR count). The molecule has 1 N–H and O–H groups in total. The molecule has 7 nitrogen and oxygen atoms in total. The summed E-state index contributed by atoms with van der Waals surface area (Å²) in [4.78, 5) is 20.2. The van der Waals surface area contributed by atoms with E-state index in [9.17, 15) is 19.8 Å². The van der Waals surface area contributed by atoms with E-state index in [2.05, 4.69) is 0 Å². The molecule has 0 aliphatic carbocycles. The number of aliphatic hydroxyl groups is 1. The molecule has 0 aliphatic rings. The van der Waals surface area contributed by atoms with Gasteiger partial charge in [-0.05, 0) is 6.07 Å². The van der Waals surface area contributed by atoms with Gasteiger partial charge < -0.3 is 29.4 Å². The highest BCUT2D eigenvalue weighted by Crippen LogP contribution is 1.97. The van der Waals surface area contributed by atoms with Gasteiger partial charge in [-0.2, -0.15) is 0 Å². The van der Waals surface area contributed by atoms with Crippen LogP contribution in [0.15, 0.2) is 24.5 Å². The molecule has 1 atom stereocenters. The number of carbonyl (C=O) groups is 2. The van der Waals surface area contributed by atoms with Crippen molar-refractivity contribution in [1.82, 2.24) is 0 Å². The summed E-state index contributed by atoms with van der Waals surface area (Å²) in [5.74, 6) is -2.35. The fraction of sp³-hybridized carbons (Fsp3) is 0.500. The Kier molecular flexibility index (Phi) is 7.54. The summed E-state index contributed by atoms with van der Waals surface area (Å²) in [5.41, 5.74) is 0.199. The van der Waals surface area contributed by atoms with Crippen LogP contribution in [-0.2, 0) is 11.8 Å². The number of pyridine rings is 1. The number of hydrogen-bond donors (Lipinski definition) is 1. The normalized spacial score (nSPS) is 12.0. The zero-order valence-electron chi connectivity index (χ0n) is 12.8. The molecular formula is C14H22N2O5. The highest BCUT2D eigenvalue weighted by atomic mass is 16.4. The van der Waals surface area contributed by atoms with Gasteiger partial charge in [-0.1, -0.05) is 0 Å². The molecule has 0 saturated carbocycles. The predicted octanol–water partition coefficient (Wildman–Crippen LogP) is -2.93. The Hall–Kier alpha value is -1.99. The van der Waals surface area contributed by atoms with Crippen molar-refractivity contribution in [3.8, 4) is 0 Å². The molecule has 0 bridgehead atoms. The first-order valence-electron chi connectivity index (χ1n) is 6.36. The van der Waals surface area contributed by atoms with Gasteiger partial charge in [-0.3, -0.25) is 0 Å². The van der Waals surface area contributed by atoms with E-state index in [1.165, 1.54) is 12.3 Å². The lowest BCUT2D eigenvalue weighted by molar-refractivity contribution is -0.873. The summed E-state index contributed by atoms with van der Waals surface area (Å²) in [6.07, 6.45) is 2.16. The number of likely N-dealkylation sites (N-methyl/N-ethyl adjacent to an activating group) is 1. The first kappa shape index (κ1) is 19.0. The molecule has 1 aromatic heterocycles. The van der Waals surface area contributed by atoms with Crippen molar-refractivity contribution in [1.29, 1.82) is 0 Å². The number of hydrogen-bond acceptors (Lipinski definition) is 5. The molecule has 1 heterocycles. The lowest BCUT2D eigenvalue weighted by atomic mass is 10.2. The highest BCUT2D eigenvalue weighted by Gasteiger charge is 2.14. The fourth-order valence-corrected chi connectivity index (χ4v) is 1.60. The third-order valence-corrected chi connectivity index (χ3v) is 2.34. The number of aromatic nitrogens is 1. The topological polar surface area (TPSA) is 104 Å². The summed E-state index contributed by atoms with van der Waals surface area (Å²) in [5, 5.41) is 29.4. The molecule has 0 radical (unpaired) electrons. The molecule has 7 heteroatoms. The average Bonchev–Trinajstić information content (AvgIpc) is 2.25. The standard InChI is InChI=1S/C7H15NO3.C7H7NO2/c1-8(2,3)5-6(9)4-7(10)11;1-8-4-2-3-6(5-8)7(9)10/h6,9H,4-5H2,1-3H3;2-5H,1H3. The Labute approximate surface area is 124 Å². The Balaban J connectivity index is 0.000000382. The zero-order chi connectivity index (χ0) is 16.6. The van der Waals surface area contributed by atoms with Crippen LogP contribution in [-0.4, -0.2) is 55.3 Å². The number of carboxylic acids is 2. The lowest BCUT2D eigenvalue weighted by Crippen LogP contribution is -2.43. The summed E-state index contributed by atoms with van der Waals surface area (Å²) in [6.45, 7) is 0.425. The number of rotatable bonds is 5. The van der Waals surface area contributed by atoms with E-state index in [1.54, 1.807) is 23.9 Å². The van der Waals surface area contributed by atoms with E-state index in [4.69, 9.17) is 5.11 Å². The van der Waals surface area contributed by atoms with Crippen LogP contribution in [0.1, 0.15) is 16.8 Å². The minimum Gasteiger partial charge on any atom is -0.550 e. The summed E-state index contributed by atoms with van der Waals surface area (Å²) >= 11 is 0. The van der Waals surface area contributed by atoms with Crippen molar-refractivity contribution in [3.05, 3.63) is 30.1 Å². The van der Waals surface area contributed by atoms with Gasteiger partial charge in [0.1, 0.15) is 19.7 Å². The quantitative estimate of drug-likeness (QED) is 0.463. The summed E-state index contributed by atoms with van der Waals surface area (Å²) in [6, 6.07) is 3.15. The average molecular weight is 298 g/mol. The van der Waals surface area contributed by atoms with Crippen LogP contribution in [0.5, 0.6) is 0 Å². The Bertz CT molecular complexity index is 482. The number of nitrogens with zero attached hydrogens (tertiary/aromatic N) is 2. The number of quaternary nitrogens is 1. The SMILES string of the molecule is C[N+](C)(C)CC(O)CC(=O)[O-].C[n+]1cccc(C(=O)[O-])c1. The van der Waals surface area contributed by atoms with Crippen molar-refractivity contribution in [2.45, 2.75) is 12.5 Å². The summed E-state index contributed by atoms with van der Waals surface area (Å²) in [7, 11) is 7.42. The van der Waals surface area contributed by atoms with Crippen LogP contribution in [0.4, 0.5) is 0 Å². The van der Waals surface area contributed by atoms with Gasteiger partial charge in [-0.25, -0.2) is 4.57 Å². The van der Waals surface area contributed by atoms with Crippen LogP contribution < -0.4 is 14.8 Å².